The molecule has 1 amide bonds. The van der Waals surface area contributed by atoms with Gasteiger partial charge in [0.1, 0.15) is 0 Å². The molecule has 0 fully saturated rings. The predicted octanol–water partition coefficient (Wildman–Crippen LogP) is 1.82. The third-order valence-corrected chi connectivity index (χ3v) is 2.75. The van der Waals surface area contributed by atoms with Crippen molar-refractivity contribution in [2.45, 2.75) is 20.3 Å². The van der Waals surface area contributed by atoms with Crippen LogP contribution in [0.2, 0.25) is 0 Å². The number of aliphatic hydroxyl groups is 1. The Balaban J connectivity index is 2.93. The monoisotopic (exact) mass is 245 g/mol. The van der Waals surface area contributed by atoms with Gasteiger partial charge in [0.2, 0.25) is 0 Å². The first-order valence-electron chi connectivity index (χ1n) is 6.06. The molecule has 0 atom stereocenters. The van der Waals surface area contributed by atoms with Gasteiger partial charge in [0.25, 0.3) is 5.91 Å². The van der Waals surface area contributed by atoms with Gasteiger partial charge in [0.05, 0.1) is 6.61 Å². The number of aryl methyl sites for hydroxylation is 1. The molecule has 1 aromatic rings. The summed E-state index contributed by atoms with van der Waals surface area (Å²) >= 11 is 0. The van der Waals surface area contributed by atoms with Gasteiger partial charge in [-0.3, -0.25) is 4.79 Å². The Morgan fingerprint density at radius 3 is 2.72 bits per heavy atom. The maximum absolute atomic E-state index is 12.0. The molecular weight excluding hydrogens is 226 g/mol. The van der Waals surface area contributed by atoms with Crippen LogP contribution in [-0.4, -0.2) is 36.1 Å². The molecule has 0 saturated carbocycles. The summed E-state index contributed by atoms with van der Waals surface area (Å²) in [5, 5.41) is 8.67. The van der Waals surface area contributed by atoms with E-state index in [2.05, 4.69) is 11.8 Å². The van der Waals surface area contributed by atoms with Gasteiger partial charge in [0, 0.05) is 31.1 Å². The van der Waals surface area contributed by atoms with Crippen LogP contribution in [0.5, 0.6) is 0 Å². The van der Waals surface area contributed by atoms with E-state index in [4.69, 9.17) is 5.11 Å². The number of nitrogens with zero attached hydrogens (tertiary/aromatic N) is 1. The maximum Gasteiger partial charge on any atom is 0.253 e. The fourth-order valence-corrected chi connectivity index (χ4v) is 1.51. The number of amides is 1. The molecule has 96 valence electrons. The van der Waals surface area contributed by atoms with Gasteiger partial charge in [-0.25, -0.2) is 0 Å². The second-order valence-corrected chi connectivity index (χ2v) is 4.12. The van der Waals surface area contributed by atoms with E-state index in [0.29, 0.717) is 18.5 Å². The van der Waals surface area contributed by atoms with E-state index >= 15 is 0 Å². The summed E-state index contributed by atoms with van der Waals surface area (Å²) in [6, 6.07) is 5.51. The summed E-state index contributed by atoms with van der Waals surface area (Å²) in [4.78, 5) is 13.6. The average Bonchev–Trinajstić information content (AvgIpc) is 2.39. The van der Waals surface area contributed by atoms with Crippen LogP contribution in [0.15, 0.2) is 18.2 Å². The van der Waals surface area contributed by atoms with E-state index in [1.54, 1.807) is 18.0 Å². The van der Waals surface area contributed by atoms with Crippen molar-refractivity contribution in [3.63, 3.8) is 0 Å². The number of hydrogen-bond acceptors (Lipinski definition) is 2. The number of carbonyl (C=O) groups excluding carboxylic acids is 1. The Morgan fingerprint density at radius 1 is 1.44 bits per heavy atom. The lowest BCUT2D eigenvalue weighted by atomic mass is 10.0. The Bertz CT molecular complexity index is 483. The minimum Gasteiger partial charge on any atom is -0.395 e. The van der Waals surface area contributed by atoms with Crippen LogP contribution in [0.4, 0.5) is 0 Å². The van der Waals surface area contributed by atoms with Gasteiger partial charge < -0.3 is 10.0 Å². The standard InChI is InChI=1S/C15H19NO2/c1-4-16(3)15(18)14-9-8-13(12(2)11-14)7-5-6-10-17/h8-9,11,17H,4,6,10H2,1-3H3. The average molecular weight is 245 g/mol. The molecule has 0 heterocycles. The van der Waals surface area contributed by atoms with Gasteiger partial charge in [0.15, 0.2) is 0 Å². The quantitative estimate of drug-likeness (QED) is 0.825. The molecule has 0 spiro atoms. The normalized spacial score (nSPS) is 9.56. The van der Waals surface area contributed by atoms with Crippen molar-refractivity contribution in [1.82, 2.24) is 4.90 Å². The maximum atomic E-state index is 12.0. The first-order valence-corrected chi connectivity index (χ1v) is 6.06. The first-order chi connectivity index (χ1) is 8.60. The third-order valence-electron chi connectivity index (χ3n) is 2.75. The molecule has 18 heavy (non-hydrogen) atoms. The van der Waals surface area contributed by atoms with E-state index in [1.807, 2.05) is 26.0 Å². The van der Waals surface area contributed by atoms with Gasteiger partial charge >= 0.3 is 0 Å². The minimum absolute atomic E-state index is 0.0236. The van der Waals surface area contributed by atoms with Crippen LogP contribution in [0.25, 0.3) is 0 Å². The lowest BCUT2D eigenvalue weighted by Crippen LogP contribution is -2.26. The van der Waals surface area contributed by atoms with E-state index in [0.717, 1.165) is 11.1 Å². The zero-order valence-corrected chi connectivity index (χ0v) is 11.2. The molecule has 1 rings (SSSR count). The summed E-state index contributed by atoms with van der Waals surface area (Å²) in [6.45, 7) is 4.64. The van der Waals surface area contributed by atoms with Crippen LogP contribution in [0.3, 0.4) is 0 Å². The number of hydrogen-bond donors (Lipinski definition) is 1. The van der Waals surface area contributed by atoms with Gasteiger partial charge in [-0.1, -0.05) is 11.8 Å². The molecule has 3 nitrogen and oxygen atoms in total. The van der Waals surface area contributed by atoms with Crippen LogP contribution in [0, 0.1) is 18.8 Å². The first kappa shape index (κ1) is 14.3. The zero-order chi connectivity index (χ0) is 13.5. The van der Waals surface area contributed by atoms with Crippen molar-refractivity contribution >= 4 is 5.91 Å². The lowest BCUT2D eigenvalue weighted by molar-refractivity contribution is 0.0802. The fourth-order valence-electron chi connectivity index (χ4n) is 1.51. The number of rotatable bonds is 3. The molecule has 3 heteroatoms. The molecule has 1 aromatic carbocycles. The number of aliphatic hydroxyl groups excluding tert-OH is 1. The molecule has 1 N–H and O–H groups in total. The van der Waals surface area contributed by atoms with E-state index in [9.17, 15) is 4.79 Å². The molecule has 0 unspecified atom stereocenters. The van der Waals surface area contributed by atoms with Crippen molar-refractivity contribution in [2.75, 3.05) is 20.2 Å². The molecule has 0 bridgehead atoms. The highest BCUT2D eigenvalue weighted by Gasteiger charge is 2.10. The van der Waals surface area contributed by atoms with Crippen LogP contribution in [-0.2, 0) is 0 Å². The topological polar surface area (TPSA) is 40.5 Å². The van der Waals surface area contributed by atoms with Crippen LogP contribution < -0.4 is 0 Å². The van der Waals surface area contributed by atoms with Crippen molar-refractivity contribution in [2.24, 2.45) is 0 Å². The fraction of sp³-hybridized carbons (Fsp3) is 0.400. The smallest absolute Gasteiger partial charge is 0.253 e. The van der Waals surface area contributed by atoms with Crippen molar-refractivity contribution in [3.05, 3.63) is 34.9 Å². The second-order valence-electron chi connectivity index (χ2n) is 4.12. The van der Waals surface area contributed by atoms with E-state index < -0.39 is 0 Å². The molecule has 0 aromatic heterocycles. The van der Waals surface area contributed by atoms with E-state index in [-0.39, 0.29) is 12.5 Å². The Labute approximate surface area is 108 Å². The SMILES string of the molecule is CCN(C)C(=O)c1ccc(C#CCCO)c(C)c1. The van der Waals surface area contributed by atoms with Crippen molar-refractivity contribution in [1.29, 1.82) is 0 Å². The highest BCUT2D eigenvalue weighted by atomic mass is 16.2. The summed E-state index contributed by atoms with van der Waals surface area (Å²) in [7, 11) is 1.78. The van der Waals surface area contributed by atoms with Crippen molar-refractivity contribution in [3.8, 4) is 11.8 Å². The third kappa shape index (κ3) is 3.61. The summed E-state index contributed by atoms with van der Waals surface area (Å²) in [6.07, 6.45) is 0.471. The number of benzene rings is 1. The second kappa shape index (κ2) is 6.83. The largest absolute Gasteiger partial charge is 0.395 e. The molecule has 0 saturated heterocycles. The molecular formula is C15H19NO2. The Hall–Kier alpha value is -1.79. The van der Waals surface area contributed by atoms with E-state index in [1.165, 1.54) is 0 Å². The Kier molecular flexibility index (Phi) is 5.41. The van der Waals surface area contributed by atoms with Gasteiger partial charge in [-0.15, -0.1) is 0 Å². The molecule has 0 aliphatic heterocycles. The molecule has 0 aliphatic rings. The highest BCUT2D eigenvalue weighted by molar-refractivity contribution is 5.94. The molecule has 0 aliphatic carbocycles. The molecule has 0 radical (unpaired) electrons. The van der Waals surface area contributed by atoms with Crippen LogP contribution in [0.1, 0.15) is 34.8 Å². The zero-order valence-electron chi connectivity index (χ0n) is 11.2. The highest BCUT2D eigenvalue weighted by Crippen LogP contribution is 2.11. The predicted molar refractivity (Wildman–Crippen MR) is 72.4 cm³/mol. The summed E-state index contributed by atoms with van der Waals surface area (Å²) in [5.74, 6) is 5.89. The summed E-state index contributed by atoms with van der Waals surface area (Å²) in [5.41, 5.74) is 2.57. The number of carbonyl (C=O) groups is 1. The van der Waals surface area contributed by atoms with Crippen LogP contribution >= 0.6 is 0 Å². The Morgan fingerprint density at radius 2 is 2.17 bits per heavy atom. The summed E-state index contributed by atoms with van der Waals surface area (Å²) < 4.78 is 0. The lowest BCUT2D eigenvalue weighted by Gasteiger charge is -2.14. The minimum atomic E-state index is 0.0236. The van der Waals surface area contributed by atoms with Crippen molar-refractivity contribution < 1.29 is 9.90 Å². The van der Waals surface area contributed by atoms with Gasteiger partial charge in [-0.2, -0.15) is 0 Å². The van der Waals surface area contributed by atoms with Gasteiger partial charge in [-0.05, 0) is 37.6 Å².